The van der Waals surface area contributed by atoms with E-state index < -0.39 is 0 Å². The van der Waals surface area contributed by atoms with Gasteiger partial charge in [-0.25, -0.2) is 0 Å². The van der Waals surface area contributed by atoms with Crippen molar-refractivity contribution in [3.8, 4) is 0 Å². The van der Waals surface area contributed by atoms with Crippen LogP contribution in [0.15, 0.2) is 5.16 Å². The van der Waals surface area contributed by atoms with Crippen LogP contribution >= 0.6 is 0 Å². The number of amides is 1. The second-order valence-corrected chi connectivity index (χ2v) is 2.89. The summed E-state index contributed by atoms with van der Waals surface area (Å²) < 4.78 is 0. The number of carbonyl (C=O) groups excluding carboxylic acids is 1. The van der Waals surface area contributed by atoms with Crippen molar-refractivity contribution in [3.05, 3.63) is 0 Å². The van der Waals surface area contributed by atoms with E-state index in [0.717, 1.165) is 6.42 Å². The second kappa shape index (κ2) is 3.42. The summed E-state index contributed by atoms with van der Waals surface area (Å²) in [7, 11) is 0. The summed E-state index contributed by atoms with van der Waals surface area (Å²) in [6, 6.07) is -0.287. The van der Waals surface area contributed by atoms with Gasteiger partial charge in [0.1, 0.15) is 0 Å². The third kappa shape index (κ3) is 1.49. The van der Waals surface area contributed by atoms with E-state index in [1.54, 1.807) is 11.8 Å². The van der Waals surface area contributed by atoms with E-state index in [1.165, 1.54) is 0 Å². The van der Waals surface area contributed by atoms with Crippen molar-refractivity contribution in [1.29, 1.82) is 0 Å². The summed E-state index contributed by atoms with van der Waals surface area (Å²) in [6.45, 7) is 2.45. The van der Waals surface area contributed by atoms with Crippen LogP contribution in [0, 0.1) is 0 Å². The van der Waals surface area contributed by atoms with Crippen molar-refractivity contribution < 1.29 is 10.0 Å². The molecule has 0 spiro atoms. The first kappa shape index (κ1) is 8.83. The normalized spacial score (nSPS) is 21.6. The molecule has 1 aliphatic rings. The average Bonchev–Trinajstić information content (AvgIpc) is 2.48. The highest BCUT2D eigenvalue weighted by Gasteiger charge is 2.27. The van der Waals surface area contributed by atoms with E-state index in [4.69, 9.17) is 10.9 Å². The Bertz CT molecular complexity index is 215. The lowest BCUT2D eigenvalue weighted by molar-refractivity contribution is -0.128. The van der Waals surface area contributed by atoms with E-state index >= 15 is 0 Å². The molecule has 1 saturated heterocycles. The van der Waals surface area contributed by atoms with Gasteiger partial charge >= 0.3 is 0 Å². The molecule has 0 aromatic carbocycles. The molecule has 0 saturated carbocycles. The van der Waals surface area contributed by atoms with Crippen molar-refractivity contribution in [2.45, 2.75) is 25.8 Å². The minimum Gasteiger partial charge on any atom is -0.409 e. The average molecular weight is 171 g/mol. The molecule has 3 N–H and O–H groups in total. The fourth-order valence-electron chi connectivity index (χ4n) is 1.32. The smallest absolute Gasteiger partial charge is 0.223 e. The van der Waals surface area contributed by atoms with E-state index in [1.807, 2.05) is 0 Å². The van der Waals surface area contributed by atoms with Gasteiger partial charge in [-0.15, -0.1) is 0 Å². The zero-order valence-corrected chi connectivity index (χ0v) is 7.03. The lowest BCUT2D eigenvalue weighted by Gasteiger charge is -2.22. The monoisotopic (exact) mass is 171 g/mol. The summed E-state index contributed by atoms with van der Waals surface area (Å²) in [5.74, 6) is 0.166. The highest BCUT2D eigenvalue weighted by atomic mass is 16.4. The van der Waals surface area contributed by atoms with E-state index in [9.17, 15) is 4.79 Å². The third-order valence-electron chi connectivity index (χ3n) is 2.12. The molecular formula is C7H13N3O2. The summed E-state index contributed by atoms with van der Waals surface area (Å²) in [5.41, 5.74) is 5.36. The van der Waals surface area contributed by atoms with Crippen LogP contribution in [0.4, 0.5) is 0 Å². The molecule has 1 aliphatic heterocycles. The molecule has 1 atom stereocenters. The van der Waals surface area contributed by atoms with Gasteiger partial charge in [0.15, 0.2) is 5.84 Å². The first-order chi connectivity index (χ1) is 5.66. The van der Waals surface area contributed by atoms with Gasteiger partial charge in [0.2, 0.25) is 5.91 Å². The Balaban J connectivity index is 2.63. The maximum Gasteiger partial charge on any atom is 0.223 e. The molecule has 1 rings (SSSR count). The second-order valence-electron chi connectivity index (χ2n) is 2.89. The van der Waals surface area contributed by atoms with Crippen LogP contribution in [-0.2, 0) is 4.79 Å². The van der Waals surface area contributed by atoms with Gasteiger partial charge in [-0.1, -0.05) is 5.16 Å². The summed E-state index contributed by atoms with van der Waals surface area (Å²) >= 11 is 0. The number of hydrogen-bond donors (Lipinski definition) is 2. The maximum atomic E-state index is 11.2. The minimum atomic E-state index is -0.287. The van der Waals surface area contributed by atoms with Gasteiger partial charge in [0, 0.05) is 13.0 Å². The van der Waals surface area contributed by atoms with Gasteiger partial charge in [0.25, 0.3) is 0 Å². The fourth-order valence-corrected chi connectivity index (χ4v) is 1.32. The van der Waals surface area contributed by atoms with Crippen molar-refractivity contribution in [1.82, 2.24) is 4.90 Å². The van der Waals surface area contributed by atoms with Crippen LogP contribution in [-0.4, -0.2) is 34.4 Å². The summed E-state index contributed by atoms with van der Waals surface area (Å²) in [5, 5.41) is 11.2. The number of nitrogens with zero attached hydrogens (tertiary/aromatic N) is 2. The molecule has 1 heterocycles. The molecule has 0 bridgehead atoms. The molecular weight excluding hydrogens is 158 g/mol. The predicted molar refractivity (Wildman–Crippen MR) is 43.8 cm³/mol. The van der Waals surface area contributed by atoms with Crippen molar-refractivity contribution in [3.63, 3.8) is 0 Å². The number of carbonyl (C=O) groups is 1. The van der Waals surface area contributed by atoms with Crippen molar-refractivity contribution in [2.24, 2.45) is 10.9 Å². The summed E-state index contributed by atoms with van der Waals surface area (Å²) in [6.07, 6.45) is 1.44. The van der Waals surface area contributed by atoms with Gasteiger partial charge in [-0.05, 0) is 13.3 Å². The first-order valence-corrected chi connectivity index (χ1v) is 3.93. The Hall–Kier alpha value is -1.26. The molecule has 1 amide bonds. The molecule has 68 valence electrons. The van der Waals surface area contributed by atoms with Crippen molar-refractivity contribution >= 4 is 11.7 Å². The SMILES string of the molecule is C[C@H](/C(N)=N\O)N1CCCC1=O. The number of likely N-dealkylation sites (tertiary alicyclic amines) is 1. The zero-order valence-electron chi connectivity index (χ0n) is 7.03. The molecule has 12 heavy (non-hydrogen) atoms. The number of amidine groups is 1. The predicted octanol–water partition coefficient (Wildman–Crippen LogP) is -0.256. The topological polar surface area (TPSA) is 78.9 Å². The molecule has 0 aliphatic carbocycles. The molecule has 0 radical (unpaired) electrons. The quantitative estimate of drug-likeness (QED) is 0.260. The Labute approximate surface area is 70.8 Å². The van der Waals surface area contributed by atoms with Gasteiger partial charge in [-0.3, -0.25) is 4.79 Å². The van der Waals surface area contributed by atoms with E-state index in [2.05, 4.69) is 5.16 Å². The van der Waals surface area contributed by atoms with Crippen LogP contribution in [0.3, 0.4) is 0 Å². The molecule has 0 aromatic heterocycles. The lowest BCUT2D eigenvalue weighted by Crippen LogP contribution is -2.43. The largest absolute Gasteiger partial charge is 0.409 e. The molecule has 0 unspecified atom stereocenters. The highest BCUT2D eigenvalue weighted by molar-refractivity contribution is 5.90. The minimum absolute atomic E-state index is 0.0779. The molecule has 5 heteroatoms. The molecule has 5 nitrogen and oxygen atoms in total. The Morgan fingerprint density at radius 3 is 2.92 bits per heavy atom. The summed E-state index contributed by atoms with van der Waals surface area (Å²) in [4.78, 5) is 12.8. The first-order valence-electron chi connectivity index (χ1n) is 3.93. The Kier molecular flexibility index (Phi) is 2.52. The van der Waals surface area contributed by atoms with Crippen molar-refractivity contribution in [2.75, 3.05) is 6.54 Å². The van der Waals surface area contributed by atoms with Gasteiger partial charge in [-0.2, -0.15) is 0 Å². The Morgan fingerprint density at radius 1 is 1.83 bits per heavy atom. The maximum absolute atomic E-state index is 11.2. The third-order valence-corrected chi connectivity index (χ3v) is 2.12. The molecule has 1 fully saturated rings. The van der Waals surface area contributed by atoms with Crippen LogP contribution in [0.1, 0.15) is 19.8 Å². The van der Waals surface area contributed by atoms with Gasteiger partial charge < -0.3 is 15.8 Å². The number of nitrogens with two attached hydrogens (primary N) is 1. The van der Waals surface area contributed by atoms with E-state index in [-0.39, 0.29) is 17.8 Å². The lowest BCUT2D eigenvalue weighted by atomic mass is 10.3. The standard InChI is InChI=1S/C7H13N3O2/c1-5(7(8)9-12)10-4-2-3-6(10)11/h5,12H,2-4H2,1H3,(H2,8,9)/t5-/m1/s1. The number of oxime groups is 1. The Morgan fingerprint density at radius 2 is 2.50 bits per heavy atom. The van der Waals surface area contributed by atoms with Crippen LogP contribution in [0.2, 0.25) is 0 Å². The fraction of sp³-hybridized carbons (Fsp3) is 0.714. The van der Waals surface area contributed by atoms with E-state index in [0.29, 0.717) is 13.0 Å². The number of hydrogen-bond acceptors (Lipinski definition) is 3. The number of rotatable bonds is 2. The van der Waals surface area contributed by atoms with Crippen LogP contribution in [0.25, 0.3) is 0 Å². The molecule has 0 aromatic rings. The zero-order chi connectivity index (χ0) is 9.14. The van der Waals surface area contributed by atoms with Crippen LogP contribution in [0.5, 0.6) is 0 Å². The van der Waals surface area contributed by atoms with Gasteiger partial charge in [0.05, 0.1) is 6.04 Å². The van der Waals surface area contributed by atoms with Crippen LogP contribution < -0.4 is 5.73 Å². The highest BCUT2D eigenvalue weighted by Crippen LogP contribution is 2.13.